The van der Waals surface area contributed by atoms with Crippen molar-refractivity contribution in [1.29, 1.82) is 0 Å². The van der Waals surface area contributed by atoms with Gasteiger partial charge in [0.05, 0.1) is 12.6 Å². The molecule has 0 N–H and O–H groups in total. The van der Waals surface area contributed by atoms with E-state index in [2.05, 4.69) is 40.0 Å². The summed E-state index contributed by atoms with van der Waals surface area (Å²) >= 11 is 0. The maximum absolute atomic E-state index is 5.29. The molecule has 5 heteroatoms. The maximum atomic E-state index is 5.29. The summed E-state index contributed by atoms with van der Waals surface area (Å²) in [4.78, 5) is 14.0. The van der Waals surface area contributed by atoms with Crippen molar-refractivity contribution >= 4 is 22.5 Å². The number of hydrogen-bond donors (Lipinski definition) is 0. The minimum absolute atomic E-state index is 0.519. The van der Waals surface area contributed by atoms with Crippen molar-refractivity contribution in [3.05, 3.63) is 54.7 Å². The summed E-state index contributed by atoms with van der Waals surface area (Å²) in [5.41, 5.74) is 1.01. The number of pyridine rings is 2. The van der Waals surface area contributed by atoms with Crippen molar-refractivity contribution in [3.63, 3.8) is 0 Å². The van der Waals surface area contributed by atoms with Crippen LogP contribution in [0.2, 0.25) is 0 Å². The topological polar surface area (TPSA) is 41.5 Å². The van der Waals surface area contributed by atoms with Gasteiger partial charge in [-0.15, -0.1) is 0 Å². The van der Waals surface area contributed by atoms with Crippen molar-refractivity contribution in [3.8, 4) is 5.75 Å². The largest absolute Gasteiger partial charge is 0.497 e. The third-order valence-electron chi connectivity index (χ3n) is 5.23. The first-order valence-corrected chi connectivity index (χ1v) is 9.08. The average Bonchev–Trinajstić information content (AvgIpc) is 2.73. The lowest BCUT2D eigenvalue weighted by molar-refractivity contribution is 0.415. The molecule has 5 nitrogen and oxygen atoms in total. The lowest BCUT2D eigenvalue weighted by Crippen LogP contribution is -2.44. The SMILES string of the molecule is COc1ccc2nc(N3CCC(N(C)c4ccccn4)CC3)ccc2c1. The number of methoxy groups -OCH3 is 1. The Morgan fingerprint density at radius 3 is 2.65 bits per heavy atom. The summed E-state index contributed by atoms with van der Waals surface area (Å²) in [6.45, 7) is 2.02. The highest BCUT2D eigenvalue weighted by molar-refractivity contribution is 5.81. The number of aromatic nitrogens is 2. The average molecular weight is 348 g/mol. The van der Waals surface area contributed by atoms with Gasteiger partial charge < -0.3 is 14.5 Å². The molecule has 0 atom stereocenters. The lowest BCUT2D eigenvalue weighted by Gasteiger charge is -2.37. The first-order chi connectivity index (χ1) is 12.7. The van der Waals surface area contributed by atoms with Crippen LogP contribution in [0.1, 0.15) is 12.8 Å². The van der Waals surface area contributed by atoms with E-state index in [0.717, 1.165) is 54.2 Å². The first-order valence-electron chi connectivity index (χ1n) is 9.08. The minimum atomic E-state index is 0.519. The fraction of sp³-hybridized carbons (Fsp3) is 0.333. The molecule has 134 valence electrons. The van der Waals surface area contributed by atoms with Crippen molar-refractivity contribution in [1.82, 2.24) is 9.97 Å². The van der Waals surface area contributed by atoms with Gasteiger partial charge in [-0.25, -0.2) is 9.97 Å². The van der Waals surface area contributed by atoms with E-state index < -0.39 is 0 Å². The summed E-state index contributed by atoms with van der Waals surface area (Å²) in [7, 11) is 3.83. The second-order valence-electron chi connectivity index (χ2n) is 6.75. The fourth-order valence-corrected chi connectivity index (χ4v) is 3.63. The normalized spacial score (nSPS) is 15.2. The van der Waals surface area contributed by atoms with Crippen molar-refractivity contribution in [2.75, 3.05) is 37.0 Å². The molecule has 0 unspecified atom stereocenters. The minimum Gasteiger partial charge on any atom is -0.497 e. The predicted octanol–water partition coefficient (Wildman–Crippen LogP) is 3.74. The summed E-state index contributed by atoms with van der Waals surface area (Å²) in [5.74, 6) is 2.97. The number of fused-ring (bicyclic) bond motifs is 1. The summed E-state index contributed by atoms with van der Waals surface area (Å²) in [6.07, 6.45) is 4.07. The van der Waals surface area contributed by atoms with Crippen LogP contribution in [0.5, 0.6) is 5.75 Å². The van der Waals surface area contributed by atoms with Crippen molar-refractivity contribution in [2.24, 2.45) is 0 Å². The molecule has 3 heterocycles. The molecule has 0 amide bonds. The molecular formula is C21H24N4O. The fourth-order valence-electron chi connectivity index (χ4n) is 3.63. The van der Waals surface area contributed by atoms with Crippen LogP contribution in [-0.2, 0) is 0 Å². The number of benzene rings is 1. The van der Waals surface area contributed by atoms with Crippen LogP contribution in [-0.4, -0.2) is 43.3 Å². The Morgan fingerprint density at radius 2 is 1.92 bits per heavy atom. The van der Waals surface area contributed by atoms with Gasteiger partial charge in [0.25, 0.3) is 0 Å². The standard InChI is InChI=1S/C21H24N4O/c1-24(20-5-3-4-12-22-20)17-10-13-25(14-11-17)21-9-6-16-15-18(26-2)7-8-19(16)23-21/h3-9,12,15,17H,10-11,13-14H2,1-2H3. The number of hydrogen-bond acceptors (Lipinski definition) is 5. The number of piperidine rings is 1. The molecule has 0 saturated carbocycles. The Morgan fingerprint density at radius 1 is 1.08 bits per heavy atom. The van der Waals surface area contributed by atoms with E-state index in [-0.39, 0.29) is 0 Å². The Bertz CT molecular complexity index is 876. The van der Waals surface area contributed by atoms with E-state index in [1.807, 2.05) is 36.5 Å². The van der Waals surface area contributed by atoms with Crippen molar-refractivity contribution in [2.45, 2.75) is 18.9 Å². The first kappa shape index (κ1) is 16.6. The van der Waals surface area contributed by atoms with Gasteiger partial charge in [0.15, 0.2) is 0 Å². The molecule has 0 radical (unpaired) electrons. The second-order valence-corrected chi connectivity index (χ2v) is 6.75. The van der Waals surface area contributed by atoms with E-state index in [1.165, 1.54) is 0 Å². The van der Waals surface area contributed by atoms with E-state index in [1.54, 1.807) is 7.11 Å². The van der Waals surface area contributed by atoms with Gasteiger partial charge in [-0.2, -0.15) is 0 Å². The van der Waals surface area contributed by atoms with Gasteiger partial charge in [0.1, 0.15) is 17.4 Å². The number of rotatable bonds is 4. The lowest BCUT2D eigenvalue weighted by atomic mass is 10.0. The Balaban J connectivity index is 1.45. The second kappa shape index (κ2) is 7.20. The third-order valence-corrected chi connectivity index (χ3v) is 5.23. The molecule has 0 spiro atoms. The number of anilines is 2. The van der Waals surface area contributed by atoms with Gasteiger partial charge in [-0.1, -0.05) is 6.07 Å². The highest BCUT2D eigenvalue weighted by atomic mass is 16.5. The molecule has 1 saturated heterocycles. The van der Waals surface area contributed by atoms with E-state index in [9.17, 15) is 0 Å². The molecule has 0 bridgehead atoms. The Kier molecular flexibility index (Phi) is 4.61. The van der Waals surface area contributed by atoms with Crippen LogP contribution in [0, 0.1) is 0 Å². The Labute approximate surface area is 154 Å². The number of ether oxygens (including phenoxy) is 1. The van der Waals surface area contributed by atoms with Crippen LogP contribution in [0.3, 0.4) is 0 Å². The molecule has 2 aromatic heterocycles. The van der Waals surface area contributed by atoms with Gasteiger partial charge in [0.2, 0.25) is 0 Å². The zero-order valence-corrected chi connectivity index (χ0v) is 15.3. The molecule has 1 aliphatic rings. The molecule has 4 rings (SSSR count). The van der Waals surface area contributed by atoms with E-state index in [0.29, 0.717) is 6.04 Å². The van der Waals surface area contributed by atoms with Crippen molar-refractivity contribution < 1.29 is 4.74 Å². The zero-order chi connectivity index (χ0) is 17.9. The van der Waals surface area contributed by atoms with Gasteiger partial charge >= 0.3 is 0 Å². The highest BCUT2D eigenvalue weighted by Crippen LogP contribution is 2.26. The van der Waals surface area contributed by atoms with Crippen LogP contribution >= 0.6 is 0 Å². The quantitative estimate of drug-likeness (QED) is 0.718. The molecule has 26 heavy (non-hydrogen) atoms. The zero-order valence-electron chi connectivity index (χ0n) is 15.3. The van der Waals surface area contributed by atoms with E-state index >= 15 is 0 Å². The molecule has 1 aliphatic heterocycles. The summed E-state index contributed by atoms with van der Waals surface area (Å²) in [6, 6.07) is 16.9. The van der Waals surface area contributed by atoms with Crippen LogP contribution < -0.4 is 14.5 Å². The molecule has 3 aromatic rings. The molecular weight excluding hydrogens is 324 g/mol. The van der Waals surface area contributed by atoms with E-state index in [4.69, 9.17) is 9.72 Å². The molecule has 0 aliphatic carbocycles. The maximum Gasteiger partial charge on any atom is 0.129 e. The van der Waals surface area contributed by atoms with Gasteiger partial charge in [-0.3, -0.25) is 0 Å². The molecule has 1 aromatic carbocycles. The highest BCUT2D eigenvalue weighted by Gasteiger charge is 2.24. The predicted molar refractivity (Wildman–Crippen MR) is 106 cm³/mol. The van der Waals surface area contributed by atoms with Crippen LogP contribution in [0.4, 0.5) is 11.6 Å². The number of nitrogens with zero attached hydrogens (tertiary/aromatic N) is 4. The summed E-state index contributed by atoms with van der Waals surface area (Å²) in [5, 5.41) is 1.11. The monoisotopic (exact) mass is 348 g/mol. The Hall–Kier alpha value is -2.82. The van der Waals surface area contributed by atoms with Crippen LogP contribution in [0.15, 0.2) is 54.7 Å². The van der Waals surface area contributed by atoms with Crippen LogP contribution in [0.25, 0.3) is 10.9 Å². The van der Waals surface area contributed by atoms with Gasteiger partial charge in [0, 0.05) is 37.8 Å². The smallest absolute Gasteiger partial charge is 0.129 e. The summed E-state index contributed by atoms with van der Waals surface area (Å²) < 4.78 is 5.29. The third kappa shape index (κ3) is 3.29. The van der Waals surface area contributed by atoms with Gasteiger partial charge in [-0.05, 0) is 55.3 Å². The molecule has 1 fully saturated rings.